The van der Waals surface area contributed by atoms with Gasteiger partial charge in [0.2, 0.25) is 5.91 Å². The fraction of sp³-hybridized carbons (Fsp3) is 0.190. The van der Waals surface area contributed by atoms with Crippen LogP contribution in [0.15, 0.2) is 53.0 Å². The van der Waals surface area contributed by atoms with Gasteiger partial charge in [0.15, 0.2) is 0 Å². The molecule has 2 aromatic carbocycles. The number of benzene rings is 2. The number of carbonyl (C=O) groups is 1. The molecule has 26 heavy (non-hydrogen) atoms. The highest BCUT2D eigenvalue weighted by atomic mass is 16.5. The lowest BCUT2D eigenvalue weighted by Gasteiger charge is -2.10. The average molecular weight is 351 g/mol. The summed E-state index contributed by atoms with van der Waals surface area (Å²) in [6.45, 7) is 2.02. The molecule has 0 unspecified atom stereocenters. The lowest BCUT2D eigenvalue weighted by Crippen LogP contribution is -2.09. The number of methoxy groups -OCH3 is 2. The van der Waals surface area contributed by atoms with Crippen molar-refractivity contribution in [2.75, 3.05) is 19.5 Å². The smallest absolute Gasteiger partial charge is 0.248 e. The van der Waals surface area contributed by atoms with Crippen LogP contribution < -0.4 is 14.8 Å². The molecule has 0 spiro atoms. The van der Waals surface area contributed by atoms with Crippen LogP contribution >= 0.6 is 0 Å². The average Bonchev–Trinajstić information content (AvgIpc) is 3.04. The molecular formula is C21H21NO4. The van der Waals surface area contributed by atoms with Gasteiger partial charge in [-0.2, -0.15) is 0 Å². The molecule has 5 nitrogen and oxygen atoms in total. The summed E-state index contributed by atoms with van der Waals surface area (Å²) in [6, 6.07) is 13.0. The zero-order valence-corrected chi connectivity index (χ0v) is 15.0. The molecule has 0 aliphatic rings. The van der Waals surface area contributed by atoms with Gasteiger partial charge in [-0.15, -0.1) is 0 Å². The molecule has 0 radical (unpaired) electrons. The first-order chi connectivity index (χ1) is 12.7. The molecule has 0 aliphatic carbocycles. The number of ether oxygens (including phenoxy) is 2. The summed E-state index contributed by atoms with van der Waals surface area (Å²) in [5.74, 6) is 1.80. The topological polar surface area (TPSA) is 60.7 Å². The Labute approximate surface area is 152 Å². The van der Waals surface area contributed by atoms with Crippen molar-refractivity contribution in [1.29, 1.82) is 0 Å². The summed E-state index contributed by atoms with van der Waals surface area (Å²) in [4.78, 5) is 12.4. The molecule has 0 aliphatic heterocycles. The van der Waals surface area contributed by atoms with E-state index >= 15 is 0 Å². The largest absolute Gasteiger partial charge is 0.497 e. The Bertz CT molecular complexity index is 956. The number of nitrogens with one attached hydrogen (secondary N) is 1. The van der Waals surface area contributed by atoms with E-state index in [1.54, 1.807) is 38.5 Å². The van der Waals surface area contributed by atoms with Crippen molar-refractivity contribution in [3.8, 4) is 11.5 Å². The van der Waals surface area contributed by atoms with Gasteiger partial charge in [0.05, 0.1) is 19.9 Å². The molecule has 0 fully saturated rings. The summed E-state index contributed by atoms with van der Waals surface area (Å²) >= 11 is 0. The van der Waals surface area contributed by atoms with Crippen molar-refractivity contribution in [2.24, 2.45) is 0 Å². The maximum atomic E-state index is 12.4. The first kappa shape index (κ1) is 17.6. The molecule has 1 N–H and O–H groups in total. The highest BCUT2D eigenvalue weighted by Gasteiger charge is 2.11. The van der Waals surface area contributed by atoms with Crippen molar-refractivity contribution in [2.45, 2.75) is 13.3 Å². The predicted octanol–water partition coefficient (Wildman–Crippen LogP) is 4.66. The van der Waals surface area contributed by atoms with Gasteiger partial charge in [-0.3, -0.25) is 4.79 Å². The van der Waals surface area contributed by atoms with E-state index in [-0.39, 0.29) is 5.91 Å². The number of furan rings is 1. The number of hydrogen-bond acceptors (Lipinski definition) is 4. The number of rotatable bonds is 6. The Balaban J connectivity index is 1.85. The summed E-state index contributed by atoms with van der Waals surface area (Å²) in [5.41, 5.74) is 2.30. The van der Waals surface area contributed by atoms with E-state index in [0.717, 1.165) is 28.7 Å². The second kappa shape index (κ2) is 7.78. The third-order valence-electron chi connectivity index (χ3n) is 4.10. The van der Waals surface area contributed by atoms with Crippen LogP contribution in [0.5, 0.6) is 11.5 Å². The van der Waals surface area contributed by atoms with Crippen molar-refractivity contribution >= 4 is 28.6 Å². The van der Waals surface area contributed by atoms with Crippen LogP contribution in [0.2, 0.25) is 0 Å². The molecule has 1 amide bonds. The van der Waals surface area contributed by atoms with E-state index < -0.39 is 0 Å². The Hall–Kier alpha value is -3.21. The number of hydrogen-bond donors (Lipinski definition) is 1. The van der Waals surface area contributed by atoms with E-state index in [1.807, 2.05) is 31.2 Å². The second-order valence-corrected chi connectivity index (χ2v) is 5.68. The first-order valence-corrected chi connectivity index (χ1v) is 8.37. The lowest BCUT2D eigenvalue weighted by atomic mass is 10.1. The molecule has 3 rings (SSSR count). The van der Waals surface area contributed by atoms with E-state index in [1.165, 1.54) is 6.08 Å². The van der Waals surface area contributed by atoms with Crippen LogP contribution in [0.4, 0.5) is 5.69 Å². The van der Waals surface area contributed by atoms with Crippen molar-refractivity contribution < 1.29 is 18.7 Å². The van der Waals surface area contributed by atoms with Crippen LogP contribution in [0, 0.1) is 0 Å². The van der Waals surface area contributed by atoms with Crippen LogP contribution in [-0.4, -0.2) is 20.1 Å². The molecule has 134 valence electrons. The first-order valence-electron chi connectivity index (χ1n) is 8.37. The highest BCUT2D eigenvalue weighted by Crippen LogP contribution is 2.30. The summed E-state index contributed by atoms with van der Waals surface area (Å²) in [6.07, 6.45) is 4.03. The van der Waals surface area contributed by atoms with Gasteiger partial charge in [-0.1, -0.05) is 25.1 Å². The van der Waals surface area contributed by atoms with E-state index in [2.05, 4.69) is 5.32 Å². The van der Waals surface area contributed by atoms with Gasteiger partial charge in [-0.25, -0.2) is 0 Å². The molecule has 1 heterocycles. The fourth-order valence-corrected chi connectivity index (χ4v) is 2.81. The van der Waals surface area contributed by atoms with E-state index in [4.69, 9.17) is 13.9 Å². The Morgan fingerprint density at radius 1 is 1.15 bits per heavy atom. The zero-order chi connectivity index (χ0) is 18.5. The van der Waals surface area contributed by atoms with Crippen LogP contribution in [0.3, 0.4) is 0 Å². The monoisotopic (exact) mass is 351 g/mol. The van der Waals surface area contributed by atoms with Gasteiger partial charge in [-0.05, 0) is 24.3 Å². The predicted molar refractivity (Wildman–Crippen MR) is 103 cm³/mol. The Morgan fingerprint density at radius 2 is 1.96 bits per heavy atom. The minimum atomic E-state index is -0.260. The minimum Gasteiger partial charge on any atom is -0.497 e. The van der Waals surface area contributed by atoms with E-state index in [9.17, 15) is 4.79 Å². The maximum Gasteiger partial charge on any atom is 0.248 e. The van der Waals surface area contributed by atoms with Crippen molar-refractivity contribution in [1.82, 2.24) is 0 Å². The lowest BCUT2D eigenvalue weighted by molar-refractivity contribution is -0.111. The van der Waals surface area contributed by atoms with Crippen molar-refractivity contribution in [3.63, 3.8) is 0 Å². The van der Waals surface area contributed by atoms with Crippen LogP contribution in [0.25, 0.3) is 17.0 Å². The second-order valence-electron chi connectivity index (χ2n) is 5.68. The number of fused-ring (bicyclic) bond motifs is 1. The third-order valence-corrected chi connectivity index (χ3v) is 4.10. The van der Waals surface area contributed by atoms with Gasteiger partial charge in [0.25, 0.3) is 0 Å². The number of carbonyl (C=O) groups excluding carboxylic acids is 1. The zero-order valence-electron chi connectivity index (χ0n) is 15.0. The van der Waals surface area contributed by atoms with Crippen LogP contribution in [0.1, 0.15) is 18.2 Å². The standard InChI is InChI=1S/C21H21NO4/c1-4-18-16(15-7-5-6-8-19(15)26-18)10-12-21(23)22-17-13-14(24-2)9-11-20(17)25-3/h5-13H,4H2,1-3H3,(H,22,23)/b12-10+. The fourth-order valence-electron chi connectivity index (χ4n) is 2.81. The molecule has 5 heteroatoms. The van der Waals surface area contributed by atoms with E-state index in [0.29, 0.717) is 17.2 Å². The molecular weight excluding hydrogens is 330 g/mol. The van der Waals surface area contributed by atoms with Gasteiger partial charge < -0.3 is 19.2 Å². The molecule has 0 atom stereocenters. The van der Waals surface area contributed by atoms with Crippen LogP contribution in [-0.2, 0) is 11.2 Å². The summed E-state index contributed by atoms with van der Waals surface area (Å²) in [5, 5.41) is 3.82. The normalized spacial score (nSPS) is 11.0. The Morgan fingerprint density at radius 3 is 2.69 bits per heavy atom. The maximum absolute atomic E-state index is 12.4. The van der Waals surface area contributed by atoms with Gasteiger partial charge in [0, 0.05) is 29.5 Å². The molecule has 1 aromatic heterocycles. The minimum absolute atomic E-state index is 0.260. The molecule has 0 bridgehead atoms. The Kier molecular flexibility index (Phi) is 5.27. The van der Waals surface area contributed by atoms with Gasteiger partial charge >= 0.3 is 0 Å². The summed E-state index contributed by atoms with van der Waals surface area (Å²) < 4.78 is 16.3. The number of para-hydroxylation sites is 1. The molecule has 0 saturated heterocycles. The highest BCUT2D eigenvalue weighted by molar-refractivity contribution is 6.04. The molecule has 3 aromatic rings. The third kappa shape index (κ3) is 3.57. The number of aryl methyl sites for hydroxylation is 1. The number of amides is 1. The SMILES string of the molecule is CCc1oc2ccccc2c1/C=C/C(=O)Nc1cc(OC)ccc1OC. The quantitative estimate of drug-likeness (QED) is 0.656. The number of anilines is 1. The van der Waals surface area contributed by atoms with Gasteiger partial charge in [0.1, 0.15) is 22.8 Å². The molecule has 0 saturated carbocycles. The van der Waals surface area contributed by atoms with Crippen molar-refractivity contribution in [3.05, 3.63) is 59.9 Å². The summed E-state index contributed by atoms with van der Waals surface area (Å²) in [7, 11) is 3.13.